The second kappa shape index (κ2) is 13.7. The molecule has 52 heavy (non-hydrogen) atoms. The van der Waals surface area contributed by atoms with Crippen LogP contribution in [-0.4, -0.2) is 9.97 Å². The summed E-state index contributed by atoms with van der Waals surface area (Å²) in [5, 5.41) is 4.89. The van der Waals surface area contributed by atoms with Gasteiger partial charge in [-0.3, -0.25) is 9.97 Å². The summed E-state index contributed by atoms with van der Waals surface area (Å²) in [6.07, 6.45) is 7.44. The zero-order chi connectivity index (χ0) is 34.7. The first-order chi connectivity index (χ1) is 25.8. The molecule has 4 nitrogen and oxygen atoms in total. The van der Waals surface area contributed by atoms with Crippen molar-refractivity contribution in [2.75, 3.05) is 9.80 Å². The van der Waals surface area contributed by atoms with Crippen molar-refractivity contribution in [1.82, 2.24) is 9.97 Å². The molecule has 7 aromatic carbocycles. The Morgan fingerprint density at radius 2 is 0.577 bits per heavy atom. The minimum atomic E-state index is 1.01. The van der Waals surface area contributed by atoms with Gasteiger partial charge in [0, 0.05) is 35.1 Å². The van der Waals surface area contributed by atoms with E-state index in [4.69, 9.17) is 0 Å². The lowest BCUT2D eigenvalue weighted by atomic mass is 9.86. The molecule has 0 amide bonds. The first-order valence-electron chi connectivity index (χ1n) is 17.5. The Morgan fingerprint density at radius 3 is 0.904 bits per heavy atom. The van der Waals surface area contributed by atoms with E-state index in [0.717, 1.165) is 34.1 Å². The number of hydrogen-bond acceptors (Lipinski definition) is 4. The van der Waals surface area contributed by atoms with Crippen molar-refractivity contribution >= 4 is 55.7 Å². The predicted octanol–water partition coefficient (Wildman–Crippen LogP) is 13.1. The van der Waals surface area contributed by atoms with E-state index in [-0.39, 0.29) is 0 Å². The third kappa shape index (κ3) is 5.72. The molecule has 0 aliphatic rings. The fourth-order valence-corrected chi connectivity index (χ4v) is 7.33. The van der Waals surface area contributed by atoms with Gasteiger partial charge in [-0.1, -0.05) is 109 Å². The van der Waals surface area contributed by atoms with Gasteiger partial charge < -0.3 is 9.80 Å². The standard InChI is InChI=1S/C48H34N4/c1-3-13-37(14-4-1)51(41-17-11-31-49-33-41)39-27-23-35(24-28-39)47-43-19-7-9-21-45(43)48(46-22-10-8-20-44(46)47)36-25-29-40(30-26-36)52(38-15-5-2-6-16-38)42-18-12-32-50-34-42/h1-34H. The molecule has 246 valence electrons. The van der Waals surface area contributed by atoms with E-state index in [9.17, 15) is 0 Å². The highest BCUT2D eigenvalue weighted by atomic mass is 15.2. The molecule has 0 unspecified atom stereocenters. The van der Waals surface area contributed by atoms with Crippen LogP contribution in [0, 0.1) is 0 Å². The third-order valence-corrected chi connectivity index (χ3v) is 9.60. The number of para-hydroxylation sites is 2. The van der Waals surface area contributed by atoms with Crippen LogP contribution in [0.25, 0.3) is 43.8 Å². The Kier molecular flexibility index (Phi) is 8.16. The van der Waals surface area contributed by atoms with Crippen LogP contribution >= 0.6 is 0 Å². The minimum absolute atomic E-state index is 1.01. The molecule has 0 fully saturated rings. The average Bonchev–Trinajstić information content (AvgIpc) is 3.22. The molecular weight excluding hydrogens is 633 g/mol. The highest BCUT2D eigenvalue weighted by Gasteiger charge is 2.19. The molecule has 0 N–H and O–H groups in total. The zero-order valence-electron chi connectivity index (χ0n) is 28.4. The summed E-state index contributed by atoms with van der Waals surface area (Å²) in [6.45, 7) is 0. The van der Waals surface area contributed by atoms with Gasteiger partial charge in [-0.2, -0.15) is 0 Å². The molecule has 0 bridgehead atoms. The van der Waals surface area contributed by atoms with Crippen LogP contribution < -0.4 is 9.80 Å². The maximum Gasteiger partial charge on any atom is 0.0644 e. The molecule has 2 heterocycles. The monoisotopic (exact) mass is 666 g/mol. The average molecular weight is 667 g/mol. The molecule has 4 heteroatoms. The van der Waals surface area contributed by atoms with Crippen LogP contribution in [0.4, 0.5) is 34.1 Å². The fraction of sp³-hybridized carbons (Fsp3) is 0. The Labute approximate surface area is 303 Å². The summed E-state index contributed by atoms with van der Waals surface area (Å²) in [6, 6.07) is 64.5. The number of anilines is 6. The minimum Gasteiger partial charge on any atom is -0.309 e. The Morgan fingerprint density at radius 1 is 0.269 bits per heavy atom. The van der Waals surface area contributed by atoms with Crippen molar-refractivity contribution in [3.8, 4) is 22.3 Å². The van der Waals surface area contributed by atoms with Gasteiger partial charge in [-0.25, -0.2) is 0 Å². The van der Waals surface area contributed by atoms with E-state index in [0.29, 0.717) is 0 Å². The summed E-state index contributed by atoms with van der Waals surface area (Å²) in [5.41, 5.74) is 11.2. The van der Waals surface area contributed by atoms with Crippen LogP contribution in [0.15, 0.2) is 207 Å². The maximum atomic E-state index is 4.42. The highest BCUT2D eigenvalue weighted by molar-refractivity contribution is 6.21. The predicted molar refractivity (Wildman–Crippen MR) is 217 cm³/mol. The van der Waals surface area contributed by atoms with Crippen molar-refractivity contribution in [3.05, 3.63) is 207 Å². The van der Waals surface area contributed by atoms with Gasteiger partial charge in [0.2, 0.25) is 0 Å². The van der Waals surface area contributed by atoms with E-state index in [1.54, 1.807) is 0 Å². The lowest BCUT2D eigenvalue weighted by molar-refractivity contribution is 1.23. The number of rotatable bonds is 8. The van der Waals surface area contributed by atoms with Gasteiger partial charge in [0.15, 0.2) is 0 Å². The molecule has 9 rings (SSSR count). The number of hydrogen-bond donors (Lipinski definition) is 0. The van der Waals surface area contributed by atoms with E-state index in [2.05, 4.69) is 177 Å². The van der Waals surface area contributed by atoms with Crippen molar-refractivity contribution < 1.29 is 0 Å². The Balaban J connectivity index is 1.16. The van der Waals surface area contributed by atoms with Gasteiger partial charge in [-0.05, 0) is 117 Å². The molecule has 0 atom stereocenters. The van der Waals surface area contributed by atoms with Gasteiger partial charge >= 0.3 is 0 Å². The lowest BCUT2D eigenvalue weighted by Crippen LogP contribution is -2.09. The van der Waals surface area contributed by atoms with E-state index in [1.165, 1.54) is 43.8 Å². The molecule has 0 saturated carbocycles. The van der Waals surface area contributed by atoms with Crippen molar-refractivity contribution in [2.45, 2.75) is 0 Å². The van der Waals surface area contributed by atoms with Crippen molar-refractivity contribution in [2.24, 2.45) is 0 Å². The number of fused-ring (bicyclic) bond motifs is 2. The lowest BCUT2D eigenvalue weighted by Gasteiger charge is -2.25. The van der Waals surface area contributed by atoms with Crippen LogP contribution in [0.2, 0.25) is 0 Å². The topological polar surface area (TPSA) is 32.3 Å². The SMILES string of the molecule is c1ccc(N(c2ccc(-c3c4ccccc4c(-c4ccc(N(c5ccccc5)c5cccnc5)cc4)c4ccccc34)cc2)c2cccnc2)cc1. The second-order valence-corrected chi connectivity index (χ2v) is 12.7. The first kappa shape index (κ1) is 31.0. The van der Waals surface area contributed by atoms with Crippen LogP contribution in [0.5, 0.6) is 0 Å². The van der Waals surface area contributed by atoms with Gasteiger partial charge in [0.05, 0.1) is 23.8 Å². The summed E-state index contributed by atoms with van der Waals surface area (Å²) >= 11 is 0. The number of aromatic nitrogens is 2. The van der Waals surface area contributed by atoms with Gasteiger partial charge in [0.25, 0.3) is 0 Å². The van der Waals surface area contributed by atoms with E-state index in [1.807, 2.05) is 49.1 Å². The summed E-state index contributed by atoms with van der Waals surface area (Å²) in [5.74, 6) is 0. The van der Waals surface area contributed by atoms with Gasteiger partial charge in [-0.15, -0.1) is 0 Å². The number of pyridine rings is 2. The molecule has 0 spiro atoms. The normalized spacial score (nSPS) is 11.1. The van der Waals surface area contributed by atoms with Crippen LogP contribution in [0.3, 0.4) is 0 Å². The summed E-state index contributed by atoms with van der Waals surface area (Å²) in [7, 11) is 0. The zero-order valence-corrected chi connectivity index (χ0v) is 28.4. The first-order valence-corrected chi connectivity index (χ1v) is 17.5. The Bertz CT molecular complexity index is 2270. The summed E-state index contributed by atoms with van der Waals surface area (Å²) < 4.78 is 0. The van der Waals surface area contributed by atoms with E-state index >= 15 is 0 Å². The fourth-order valence-electron chi connectivity index (χ4n) is 7.33. The maximum absolute atomic E-state index is 4.42. The third-order valence-electron chi connectivity index (χ3n) is 9.60. The molecule has 0 aliphatic heterocycles. The Hall–Kier alpha value is -7.04. The summed E-state index contributed by atoms with van der Waals surface area (Å²) in [4.78, 5) is 13.3. The molecule has 0 radical (unpaired) electrons. The molecule has 0 aliphatic carbocycles. The second-order valence-electron chi connectivity index (χ2n) is 12.7. The van der Waals surface area contributed by atoms with Crippen molar-refractivity contribution in [3.63, 3.8) is 0 Å². The van der Waals surface area contributed by atoms with Crippen molar-refractivity contribution in [1.29, 1.82) is 0 Å². The van der Waals surface area contributed by atoms with Crippen LogP contribution in [-0.2, 0) is 0 Å². The van der Waals surface area contributed by atoms with E-state index < -0.39 is 0 Å². The number of benzene rings is 7. The molecule has 0 saturated heterocycles. The highest BCUT2D eigenvalue weighted by Crippen LogP contribution is 2.45. The van der Waals surface area contributed by atoms with Crippen LogP contribution in [0.1, 0.15) is 0 Å². The largest absolute Gasteiger partial charge is 0.309 e. The number of nitrogens with zero attached hydrogens (tertiary/aromatic N) is 4. The smallest absolute Gasteiger partial charge is 0.0644 e. The quantitative estimate of drug-likeness (QED) is 0.151. The molecular formula is C48H34N4. The molecule has 9 aromatic rings. The van der Waals surface area contributed by atoms with Gasteiger partial charge in [0.1, 0.15) is 0 Å². The molecule has 2 aromatic heterocycles.